The van der Waals surface area contributed by atoms with Crippen molar-refractivity contribution in [2.75, 3.05) is 40.0 Å². The predicted octanol–water partition coefficient (Wildman–Crippen LogP) is 2.75. The molecule has 0 amide bonds. The van der Waals surface area contributed by atoms with E-state index in [2.05, 4.69) is 11.0 Å². The lowest BCUT2D eigenvalue weighted by Crippen LogP contribution is -2.43. The summed E-state index contributed by atoms with van der Waals surface area (Å²) in [5.74, 6) is 0.720. The van der Waals surface area contributed by atoms with Gasteiger partial charge in [-0.15, -0.1) is 12.4 Å². The molecule has 2 N–H and O–H groups in total. The van der Waals surface area contributed by atoms with Crippen molar-refractivity contribution in [3.63, 3.8) is 0 Å². The zero-order valence-electron chi connectivity index (χ0n) is 13.1. The summed E-state index contributed by atoms with van der Waals surface area (Å²) in [4.78, 5) is 2.44. The first-order chi connectivity index (χ1) is 10.2. The molecule has 1 atom stereocenters. The highest BCUT2D eigenvalue weighted by Gasteiger charge is 2.16. The van der Waals surface area contributed by atoms with Gasteiger partial charge in [-0.25, -0.2) is 0 Å². The summed E-state index contributed by atoms with van der Waals surface area (Å²) in [5.41, 5.74) is 7.24. The van der Waals surface area contributed by atoms with Gasteiger partial charge in [-0.3, -0.25) is 0 Å². The average molecular weight is 349 g/mol. The highest BCUT2D eigenvalue weighted by atomic mass is 35.5. The molecule has 126 valence electrons. The number of benzene rings is 1. The van der Waals surface area contributed by atoms with E-state index in [1.54, 1.807) is 7.11 Å². The van der Waals surface area contributed by atoms with E-state index in [4.69, 9.17) is 26.8 Å². The zero-order chi connectivity index (χ0) is 15.1. The van der Waals surface area contributed by atoms with Crippen molar-refractivity contribution in [3.8, 4) is 5.75 Å². The molecule has 0 saturated carbocycles. The molecule has 0 aliphatic carbocycles. The van der Waals surface area contributed by atoms with Crippen molar-refractivity contribution in [2.24, 2.45) is 5.73 Å². The monoisotopic (exact) mass is 348 g/mol. The van der Waals surface area contributed by atoms with Crippen molar-refractivity contribution in [1.82, 2.24) is 4.90 Å². The van der Waals surface area contributed by atoms with E-state index in [0.29, 0.717) is 24.3 Å². The van der Waals surface area contributed by atoms with Crippen molar-refractivity contribution >= 4 is 24.0 Å². The minimum Gasteiger partial charge on any atom is -0.490 e. The molecular formula is C16H26Cl2N2O2. The molecule has 0 bridgehead atoms. The Morgan fingerprint density at radius 1 is 1.36 bits per heavy atom. The van der Waals surface area contributed by atoms with Crippen molar-refractivity contribution < 1.29 is 9.47 Å². The normalized spacial score (nSPS) is 18.8. The van der Waals surface area contributed by atoms with Gasteiger partial charge in [-0.1, -0.05) is 17.7 Å². The summed E-state index contributed by atoms with van der Waals surface area (Å²) in [6, 6.07) is 6.35. The number of hydrogen-bond donors (Lipinski definition) is 1. The average Bonchev–Trinajstić information content (AvgIpc) is 2.47. The topological polar surface area (TPSA) is 47.7 Å². The van der Waals surface area contributed by atoms with Crippen LogP contribution in [0.5, 0.6) is 5.75 Å². The van der Waals surface area contributed by atoms with E-state index < -0.39 is 0 Å². The second-order valence-corrected chi connectivity index (χ2v) is 5.97. The standard InChI is InChI=1S/C16H25ClN2O2.ClH/c1-20-9-10-21-16-5-4-13(11-15(16)17)6-8-19-7-2-3-14(18)12-19;/h4-5,11,14H,2-3,6-10,12,18H2,1H3;1H/t14-;/m1./s1. The van der Waals surface area contributed by atoms with Crippen LogP contribution in [0.25, 0.3) is 0 Å². The van der Waals surface area contributed by atoms with Gasteiger partial charge in [0.2, 0.25) is 0 Å². The van der Waals surface area contributed by atoms with Gasteiger partial charge in [0.1, 0.15) is 12.4 Å². The van der Waals surface area contributed by atoms with Crippen molar-refractivity contribution in [3.05, 3.63) is 28.8 Å². The Balaban J connectivity index is 0.00000242. The van der Waals surface area contributed by atoms with E-state index in [0.717, 1.165) is 38.2 Å². The molecule has 4 nitrogen and oxygen atoms in total. The third-order valence-corrected chi connectivity index (χ3v) is 4.10. The van der Waals surface area contributed by atoms with E-state index in [-0.39, 0.29) is 12.4 Å². The summed E-state index contributed by atoms with van der Waals surface area (Å²) in [6.07, 6.45) is 3.34. The fourth-order valence-electron chi connectivity index (χ4n) is 2.63. The predicted molar refractivity (Wildman–Crippen MR) is 93.4 cm³/mol. The van der Waals surface area contributed by atoms with Gasteiger partial charge in [0.15, 0.2) is 0 Å². The molecule has 1 aliphatic rings. The summed E-state index contributed by atoms with van der Waals surface area (Å²) < 4.78 is 10.5. The third kappa shape index (κ3) is 6.31. The molecule has 0 unspecified atom stereocenters. The Morgan fingerprint density at radius 3 is 2.86 bits per heavy atom. The number of ether oxygens (including phenoxy) is 2. The van der Waals surface area contributed by atoms with Crippen LogP contribution in [-0.4, -0.2) is 50.9 Å². The van der Waals surface area contributed by atoms with Crippen LogP contribution in [0, 0.1) is 0 Å². The first-order valence-corrected chi connectivity index (χ1v) is 7.95. The van der Waals surface area contributed by atoms with Gasteiger partial charge in [0.05, 0.1) is 11.6 Å². The van der Waals surface area contributed by atoms with Gasteiger partial charge in [-0.2, -0.15) is 0 Å². The Bertz CT molecular complexity index is 446. The van der Waals surface area contributed by atoms with E-state index >= 15 is 0 Å². The minimum atomic E-state index is 0. The molecule has 0 spiro atoms. The maximum Gasteiger partial charge on any atom is 0.138 e. The molecule has 6 heteroatoms. The highest BCUT2D eigenvalue weighted by Crippen LogP contribution is 2.25. The number of halogens is 2. The maximum absolute atomic E-state index is 6.25. The van der Waals surface area contributed by atoms with E-state index in [1.165, 1.54) is 12.0 Å². The lowest BCUT2D eigenvalue weighted by atomic mass is 10.1. The fraction of sp³-hybridized carbons (Fsp3) is 0.625. The molecule has 1 heterocycles. The van der Waals surface area contributed by atoms with Gasteiger partial charge >= 0.3 is 0 Å². The Morgan fingerprint density at radius 2 is 2.18 bits per heavy atom. The van der Waals surface area contributed by atoms with Crippen LogP contribution in [0.3, 0.4) is 0 Å². The third-order valence-electron chi connectivity index (χ3n) is 3.80. The summed E-state index contributed by atoms with van der Waals surface area (Å²) in [7, 11) is 1.65. The van der Waals surface area contributed by atoms with Crippen LogP contribution in [0.4, 0.5) is 0 Å². The summed E-state index contributed by atoms with van der Waals surface area (Å²) >= 11 is 6.25. The minimum absolute atomic E-state index is 0. The van der Waals surface area contributed by atoms with Gasteiger partial charge in [0.25, 0.3) is 0 Å². The molecule has 1 fully saturated rings. The number of nitrogens with zero attached hydrogens (tertiary/aromatic N) is 1. The van der Waals surface area contributed by atoms with Crippen LogP contribution >= 0.6 is 24.0 Å². The highest BCUT2D eigenvalue weighted by molar-refractivity contribution is 6.32. The van der Waals surface area contributed by atoms with Crippen LogP contribution in [0.2, 0.25) is 5.02 Å². The Hall–Kier alpha value is -0.520. The number of nitrogens with two attached hydrogens (primary N) is 1. The number of hydrogen-bond acceptors (Lipinski definition) is 4. The van der Waals surface area contributed by atoms with E-state index in [9.17, 15) is 0 Å². The van der Waals surface area contributed by atoms with Crippen molar-refractivity contribution in [1.29, 1.82) is 0 Å². The van der Waals surface area contributed by atoms with Crippen LogP contribution < -0.4 is 10.5 Å². The van der Waals surface area contributed by atoms with Gasteiger partial charge < -0.3 is 20.1 Å². The summed E-state index contributed by atoms with van der Waals surface area (Å²) in [5, 5.41) is 0.666. The quantitative estimate of drug-likeness (QED) is 0.769. The molecule has 0 aromatic heterocycles. The fourth-order valence-corrected chi connectivity index (χ4v) is 2.89. The van der Waals surface area contributed by atoms with Crippen LogP contribution in [-0.2, 0) is 11.2 Å². The van der Waals surface area contributed by atoms with Crippen LogP contribution in [0.15, 0.2) is 18.2 Å². The first kappa shape index (κ1) is 19.5. The largest absolute Gasteiger partial charge is 0.490 e. The van der Waals surface area contributed by atoms with Crippen molar-refractivity contribution in [2.45, 2.75) is 25.3 Å². The Kier molecular flexibility index (Phi) is 9.13. The zero-order valence-corrected chi connectivity index (χ0v) is 14.7. The molecule has 22 heavy (non-hydrogen) atoms. The number of rotatable bonds is 7. The number of piperidine rings is 1. The molecule has 0 radical (unpaired) electrons. The van der Waals surface area contributed by atoms with Crippen LogP contribution in [0.1, 0.15) is 18.4 Å². The molecule has 1 saturated heterocycles. The van der Waals surface area contributed by atoms with Gasteiger partial charge in [0, 0.05) is 26.2 Å². The number of methoxy groups -OCH3 is 1. The molecular weight excluding hydrogens is 323 g/mol. The van der Waals surface area contributed by atoms with E-state index in [1.807, 2.05) is 12.1 Å². The van der Waals surface area contributed by atoms with Gasteiger partial charge in [-0.05, 0) is 43.5 Å². The summed E-state index contributed by atoms with van der Waals surface area (Å²) in [6.45, 7) is 4.27. The second kappa shape index (κ2) is 10.3. The molecule has 2 rings (SSSR count). The lowest BCUT2D eigenvalue weighted by molar-refractivity contribution is 0.146. The molecule has 1 aromatic rings. The molecule has 1 aliphatic heterocycles. The lowest BCUT2D eigenvalue weighted by Gasteiger charge is -2.30. The number of likely N-dealkylation sites (tertiary alicyclic amines) is 1. The molecule has 1 aromatic carbocycles. The smallest absolute Gasteiger partial charge is 0.138 e. The Labute approximate surface area is 144 Å². The maximum atomic E-state index is 6.25. The first-order valence-electron chi connectivity index (χ1n) is 7.57. The SMILES string of the molecule is COCCOc1ccc(CCN2CCC[C@@H](N)C2)cc1Cl.Cl. The second-order valence-electron chi connectivity index (χ2n) is 5.56.